The normalized spacial score (nSPS) is 11.2. The number of hydrogen-bond donors (Lipinski definition) is 0. The molecular weight excluding hydrogens is 300 g/mol. The van der Waals surface area contributed by atoms with Crippen molar-refractivity contribution in [3.63, 3.8) is 0 Å². The SMILES string of the molecule is CCN(CC)C(=O)c1ccccc1N=C(C)c1ccc(OC)cc1. The summed E-state index contributed by atoms with van der Waals surface area (Å²) in [5.41, 5.74) is 3.19. The first-order valence-corrected chi connectivity index (χ1v) is 8.18. The molecule has 0 aliphatic heterocycles. The van der Waals surface area contributed by atoms with Crippen LogP contribution in [0, 0.1) is 0 Å². The Bertz CT molecular complexity index is 717. The maximum atomic E-state index is 12.7. The second-order valence-electron chi connectivity index (χ2n) is 5.42. The number of para-hydroxylation sites is 1. The molecule has 2 aromatic carbocycles. The third-order valence-electron chi connectivity index (χ3n) is 3.98. The first-order chi connectivity index (χ1) is 11.6. The second kappa shape index (κ2) is 8.29. The molecule has 0 bridgehead atoms. The Labute approximate surface area is 143 Å². The zero-order valence-electron chi connectivity index (χ0n) is 14.7. The summed E-state index contributed by atoms with van der Waals surface area (Å²) >= 11 is 0. The maximum absolute atomic E-state index is 12.7. The summed E-state index contributed by atoms with van der Waals surface area (Å²) in [4.78, 5) is 19.2. The van der Waals surface area contributed by atoms with Gasteiger partial charge in [0.2, 0.25) is 0 Å². The highest BCUT2D eigenvalue weighted by Crippen LogP contribution is 2.22. The van der Waals surface area contributed by atoms with Gasteiger partial charge < -0.3 is 9.64 Å². The van der Waals surface area contributed by atoms with E-state index in [4.69, 9.17) is 4.74 Å². The lowest BCUT2D eigenvalue weighted by Crippen LogP contribution is -2.30. The number of carbonyl (C=O) groups excluding carboxylic acids is 1. The average molecular weight is 324 g/mol. The van der Waals surface area contributed by atoms with E-state index in [2.05, 4.69) is 4.99 Å². The molecule has 0 saturated heterocycles. The van der Waals surface area contributed by atoms with Gasteiger partial charge in [0, 0.05) is 18.8 Å². The molecule has 0 fully saturated rings. The number of aliphatic imine (C=N–C) groups is 1. The Morgan fingerprint density at radius 3 is 2.25 bits per heavy atom. The molecule has 4 heteroatoms. The van der Waals surface area contributed by atoms with Crippen LogP contribution in [0.2, 0.25) is 0 Å². The number of ether oxygens (including phenoxy) is 1. The van der Waals surface area contributed by atoms with Crippen molar-refractivity contribution in [3.05, 3.63) is 59.7 Å². The number of hydrogen-bond acceptors (Lipinski definition) is 3. The van der Waals surface area contributed by atoms with Crippen molar-refractivity contribution in [2.24, 2.45) is 4.99 Å². The Morgan fingerprint density at radius 2 is 1.67 bits per heavy atom. The van der Waals surface area contributed by atoms with E-state index in [1.54, 1.807) is 12.0 Å². The molecule has 1 amide bonds. The van der Waals surface area contributed by atoms with Crippen LogP contribution in [-0.4, -0.2) is 36.7 Å². The molecule has 2 aromatic rings. The summed E-state index contributed by atoms with van der Waals surface area (Å²) in [7, 11) is 1.64. The summed E-state index contributed by atoms with van der Waals surface area (Å²) in [6.07, 6.45) is 0. The van der Waals surface area contributed by atoms with Crippen LogP contribution in [0.25, 0.3) is 0 Å². The number of nitrogens with zero attached hydrogens (tertiary/aromatic N) is 2. The minimum absolute atomic E-state index is 0.0156. The van der Waals surface area contributed by atoms with Gasteiger partial charge in [0.1, 0.15) is 5.75 Å². The molecule has 24 heavy (non-hydrogen) atoms. The molecule has 2 rings (SSSR count). The van der Waals surface area contributed by atoms with Gasteiger partial charge in [-0.3, -0.25) is 9.79 Å². The van der Waals surface area contributed by atoms with Crippen LogP contribution in [0.5, 0.6) is 5.75 Å². The molecule has 0 atom stereocenters. The van der Waals surface area contributed by atoms with Crippen LogP contribution in [0.3, 0.4) is 0 Å². The fraction of sp³-hybridized carbons (Fsp3) is 0.300. The molecule has 0 saturated carbocycles. The predicted octanol–water partition coefficient (Wildman–Crippen LogP) is 4.32. The standard InChI is InChI=1S/C20H24N2O2/c1-5-22(6-2)20(23)18-9-7-8-10-19(18)21-15(3)16-11-13-17(24-4)14-12-16/h7-14H,5-6H2,1-4H3. The highest BCUT2D eigenvalue weighted by Gasteiger charge is 2.16. The lowest BCUT2D eigenvalue weighted by Gasteiger charge is -2.19. The molecule has 0 unspecified atom stereocenters. The van der Waals surface area contributed by atoms with Crippen molar-refractivity contribution in [3.8, 4) is 5.75 Å². The molecule has 4 nitrogen and oxygen atoms in total. The molecule has 0 aliphatic carbocycles. The monoisotopic (exact) mass is 324 g/mol. The molecule has 0 aliphatic rings. The smallest absolute Gasteiger partial charge is 0.256 e. The number of methoxy groups -OCH3 is 1. The Balaban J connectivity index is 2.36. The van der Waals surface area contributed by atoms with E-state index in [0.29, 0.717) is 24.3 Å². The van der Waals surface area contributed by atoms with Crippen LogP contribution >= 0.6 is 0 Å². The largest absolute Gasteiger partial charge is 0.497 e. The lowest BCUT2D eigenvalue weighted by molar-refractivity contribution is 0.0774. The van der Waals surface area contributed by atoms with Crippen molar-refractivity contribution in [1.29, 1.82) is 0 Å². The Hall–Kier alpha value is -2.62. The van der Waals surface area contributed by atoms with Crippen LogP contribution in [0.4, 0.5) is 5.69 Å². The molecule has 126 valence electrons. The molecule has 0 spiro atoms. The highest BCUT2D eigenvalue weighted by atomic mass is 16.5. The van der Waals surface area contributed by atoms with Crippen molar-refractivity contribution >= 4 is 17.3 Å². The summed E-state index contributed by atoms with van der Waals surface area (Å²) in [6.45, 7) is 7.28. The number of rotatable bonds is 6. The van der Waals surface area contributed by atoms with E-state index >= 15 is 0 Å². The van der Waals surface area contributed by atoms with Gasteiger partial charge in [-0.05, 0) is 62.7 Å². The molecule has 0 heterocycles. The van der Waals surface area contributed by atoms with Gasteiger partial charge in [-0.1, -0.05) is 12.1 Å². The first-order valence-electron chi connectivity index (χ1n) is 8.18. The van der Waals surface area contributed by atoms with Gasteiger partial charge >= 0.3 is 0 Å². The fourth-order valence-corrected chi connectivity index (χ4v) is 2.51. The molecule has 0 radical (unpaired) electrons. The molecule has 0 aromatic heterocycles. The summed E-state index contributed by atoms with van der Waals surface area (Å²) < 4.78 is 5.18. The average Bonchev–Trinajstić information content (AvgIpc) is 2.63. The summed E-state index contributed by atoms with van der Waals surface area (Å²) in [6, 6.07) is 15.2. The van der Waals surface area contributed by atoms with Gasteiger partial charge in [-0.15, -0.1) is 0 Å². The van der Waals surface area contributed by atoms with Crippen LogP contribution < -0.4 is 4.74 Å². The van der Waals surface area contributed by atoms with Crippen molar-refractivity contribution in [1.82, 2.24) is 4.90 Å². The number of amides is 1. The summed E-state index contributed by atoms with van der Waals surface area (Å²) in [5, 5.41) is 0. The minimum atomic E-state index is 0.0156. The summed E-state index contributed by atoms with van der Waals surface area (Å²) in [5.74, 6) is 0.825. The van der Waals surface area contributed by atoms with E-state index in [0.717, 1.165) is 17.0 Å². The van der Waals surface area contributed by atoms with Crippen molar-refractivity contribution in [2.75, 3.05) is 20.2 Å². The predicted molar refractivity (Wildman–Crippen MR) is 98.6 cm³/mol. The second-order valence-corrected chi connectivity index (χ2v) is 5.42. The zero-order valence-corrected chi connectivity index (χ0v) is 14.7. The zero-order chi connectivity index (χ0) is 17.5. The van der Waals surface area contributed by atoms with Gasteiger partial charge in [0.05, 0.1) is 18.4 Å². The minimum Gasteiger partial charge on any atom is -0.497 e. The number of benzene rings is 2. The number of carbonyl (C=O) groups is 1. The fourth-order valence-electron chi connectivity index (χ4n) is 2.51. The molecule has 0 N–H and O–H groups in total. The maximum Gasteiger partial charge on any atom is 0.256 e. The van der Waals surface area contributed by atoms with Gasteiger partial charge in [0.25, 0.3) is 5.91 Å². The van der Waals surface area contributed by atoms with Crippen molar-refractivity contribution < 1.29 is 9.53 Å². The first kappa shape index (κ1) is 17.7. The molecular formula is C20H24N2O2. The van der Waals surface area contributed by atoms with Crippen molar-refractivity contribution in [2.45, 2.75) is 20.8 Å². The Morgan fingerprint density at radius 1 is 1.04 bits per heavy atom. The van der Waals surface area contributed by atoms with Crippen LogP contribution in [0.15, 0.2) is 53.5 Å². The van der Waals surface area contributed by atoms with Gasteiger partial charge in [-0.2, -0.15) is 0 Å². The van der Waals surface area contributed by atoms with Crippen LogP contribution in [0.1, 0.15) is 36.7 Å². The third-order valence-corrected chi connectivity index (χ3v) is 3.98. The quantitative estimate of drug-likeness (QED) is 0.743. The third kappa shape index (κ3) is 4.02. The topological polar surface area (TPSA) is 41.9 Å². The van der Waals surface area contributed by atoms with E-state index in [1.165, 1.54) is 0 Å². The highest BCUT2D eigenvalue weighted by molar-refractivity contribution is 6.04. The van der Waals surface area contributed by atoms with E-state index in [1.807, 2.05) is 69.3 Å². The van der Waals surface area contributed by atoms with E-state index in [9.17, 15) is 4.79 Å². The van der Waals surface area contributed by atoms with E-state index in [-0.39, 0.29) is 5.91 Å². The lowest BCUT2D eigenvalue weighted by atomic mass is 10.1. The van der Waals surface area contributed by atoms with E-state index < -0.39 is 0 Å². The van der Waals surface area contributed by atoms with Gasteiger partial charge in [0.15, 0.2) is 0 Å². The van der Waals surface area contributed by atoms with Gasteiger partial charge in [-0.25, -0.2) is 0 Å². The van der Waals surface area contributed by atoms with Crippen LogP contribution in [-0.2, 0) is 0 Å². The Kier molecular flexibility index (Phi) is 6.13.